The predicted molar refractivity (Wildman–Crippen MR) is 347 cm³/mol. The van der Waals surface area contributed by atoms with Crippen LogP contribution < -0.4 is 52.4 Å². The van der Waals surface area contributed by atoms with E-state index in [1.807, 2.05) is 0 Å². The molecule has 4 aromatic carbocycles. The number of methoxy groups -OCH3 is 1. The number of esters is 1. The second kappa shape index (κ2) is 29.1. The number of aromatic nitrogens is 6. The number of fused-ring (bicyclic) bond motifs is 4. The van der Waals surface area contributed by atoms with Gasteiger partial charge in [0.15, 0.2) is 0 Å². The number of alkyl halides is 6. The number of hydrogen-bond acceptors (Lipinski definition) is 17. The smallest absolute Gasteiger partial charge is 0.411 e. The fourth-order valence-electron chi connectivity index (χ4n) is 12.9. The molecule has 4 aliphatic heterocycles. The zero-order valence-electron chi connectivity index (χ0n) is 53.6. The Morgan fingerprint density at radius 2 is 1.03 bits per heavy atom. The van der Waals surface area contributed by atoms with Crippen molar-refractivity contribution in [1.29, 1.82) is 0 Å². The maximum Gasteiger partial charge on any atom is 0.411 e. The summed E-state index contributed by atoms with van der Waals surface area (Å²) in [5.74, 6) is -5.98. The van der Waals surface area contributed by atoms with E-state index in [-0.39, 0.29) is 109 Å². The quantitative estimate of drug-likeness (QED) is 0.0743. The fourth-order valence-corrected chi connectivity index (χ4v) is 12.9. The molecule has 0 aliphatic carbocycles. The van der Waals surface area contributed by atoms with Gasteiger partial charge >= 0.3 is 35.7 Å². The number of rotatable bonds is 14. The number of carbonyl (C=O) groups is 4. The van der Waals surface area contributed by atoms with Gasteiger partial charge in [0.25, 0.3) is 22.9 Å². The minimum atomic E-state index is -4.64. The number of halogens is 8. The van der Waals surface area contributed by atoms with Crippen LogP contribution in [0, 0.1) is 25.5 Å². The van der Waals surface area contributed by atoms with Crippen molar-refractivity contribution in [2.24, 2.45) is 14.1 Å². The van der Waals surface area contributed by atoms with Gasteiger partial charge in [0.1, 0.15) is 47.3 Å². The molecular formula is C68H68F8N10O14. The molecule has 12 rings (SSSR count). The van der Waals surface area contributed by atoms with Gasteiger partial charge < -0.3 is 49.2 Å². The Morgan fingerprint density at radius 3 is 1.42 bits per heavy atom. The number of carbonyl (C=O) groups excluding carboxylic acids is 3. The van der Waals surface area contributed by atoms with E-state index in [4.69, 9.17) is 23.7 Å². The van der Waals surface area contributed by atoms with Crippen LogP contribution in [-0.4, -0.2) is 153 Å². The largest absolute Gasteiger partial charge is 0.491 e. The molecule has 0 spiro atoms. The summed E-state index contributed by atoms with van der Waals surface area (Å²) >= 11 is 0. The van der Waals surface area contributed by atoms with E-state index in [9.17, 15) is 69.8 Å². The average Bonchev–Trinajstić information content (AvgIpc) is 0.755. The third-order valence-electron chi connectivity index (χ3n) is 17.9. The molecule has 2 fully saturated rings. The summed E-state index contributed by atoms with van der Waals surface area (Å²) < 4.78 is 144. The number of anilines is 2. The van der Waals surface area contributed by atoms with Crippen LogP contribution in [0.5, 0.6) is 11.5 Å². The number of morpholine rings is 2. The summed E-state index contributed by atoms with van der Waals surface area (Å²) in [6.07, 6.45) is -1.92. The average molecular weight is 1400 g/mol. The van der Waals surface area contributed by atoms with E-state index in [0.29, 0.717) is 65.6 Å². The number of carboxylic acid groups (broad SMARTS) is 1. The Labute approximate surface area is 563 Å². The molecule has 4 aromatic heterocycles. The molecule has 8 heterocycles. The van der Waals surface area contributed by atoms with Crippen molar-refractivity contribution in [2.45, 2.75) is 96.3 Å². The van der Waals surface area contributed by atoms with Crippen molar-refractivity contribution in [3.8, 4) is 22.9 Å². The van der Waals surface area contributed by atoms with Crippen LogP contribution >= 0.6 is 0 Å². The maximum absolute atomic E-state index is 15.5. The Hall–Kier alpha value is -10.5. The maximum atomic E-state index is 15.5. The first-order chi connectivity index (χ1) is 47.1. The van der Waals surface area contributed by atoms with Crippen LogP contribution in [-0.2, 0) is 63.6 Å². The number of carboxylic acids is 1. The number of benzene rings is 4. The first-order valence-electron chi connectivity index (χ1n) is 31.1. The van der Waals surface area contributed by atoms with Gasteiger partial charge in [0.05, 0.1) is 103 Å². The molecule has 24 nitrogen and oxygen atoms in total. The highest BCUT2D eigenvalue weighted by Crippen LogP contribution is 2.39. The van der Waals surface area contributed by atoms with E-state index in [1.54, 1.807) is 12.1 Å². The number of hydrogen-bond donors (Lipinski definition) is 3. The highest BCUT2D eigenvalue weighted by molar-refractivity contribution is 5.99. The number of aryl methyl sites for hydroxylation is 4. The van der Waals surface area contributed by atoms with E-state index in [1.165, 1.54) is 98.3 Å². The first kappa shape index (κ1) is 72.2. The standard InChI is InChI=1S/C34H33F4N5O7.C33H31F4N5O7.CH4/c1-18-13-20(42-10-12-49-17-27(42)34(36,37)38)15-23(35)28(18)30(44)40-24(32(46)48-3)14-19-6-7-25(29-21(19)5-4-11-50-29)43-31(45)22-8-9-39-16-26(22)41(2)33(43)47;1-17-12-19(41-9-11-48-16-26(41)33(35,36)37)14-22(34)27(17)29(43)39-23(31(45)46)13-18-5-6-24(28-20(18)4-3-10-49-28)42-30(44)21-7-8-38-15-25(21)40(2)32(42)47;/h6-9,13,15-16,24,27H,4-5,10-12,14,17H2,1-3H3,(H,40,44);5-8,12,14-15,23,26H,3-4,9-11,13,16H2,1-2H3,(H,39,43)(H,45,46);1H4/t24-,27+;23-,26+;/m00./s1. The van der Waals surface area contributed by atoms with Crippen LogP contribution in [0.25, 0.3) is 33.2 Å². The van der Waals surface area contributed by atoms with Gasteiger partial charge in [-0.2, -0.15) is 26.3 Å². The minimum Gasteiger partial charge on any atom is -0.491 e. The predicted octanol–water partition coefficient (Wildman–Crippen LogP) is 6.82. The molecule has 0 radical (unpaired) electrons. The Morgan fingerprint density at radius 1 is 0.620 bits per heavy atom. The number of pyridine rings is 2. The van der Waals surface area contributed by atoms with Crippen molar-refractivity contribution in [3.05, 3.63) is 183 Å². The van der Waals surface area contributed by atoms with E-state index in [2.05, 4.69) is 20.6 Å². The van der Waals surface area contributed by atoms with Gasteiger partial charge in [0.2, 0.25) is 0 Å². The number of ether oxygens (including phenoxy) is 5. The van der Waals surface area contributed by atoms with Crippen molar-refractivity contribution in [2.75, 3.05) is 69.6 Å². The molecule has 2 saturated heterocycles. The zero-order valence-corrected chi connectivity index (χ0v) is 53.6. The lowest BCUT2D eigenvalue weighted by Gasteiger charge is -2.38. The van der Waals surface area contributed by atoms with Gasteiger partial charge in [-0.3, -0.25) is 38.3 Å². The summed E-state index contributed by atoms with van der Waals surface area (Å²) in [7, 11) is 4.15. The fraction of sp³-hybridized carbons (Fsp3) is 0.382. The van der Waals surface area contributed by atoms with Crippen molar-refractivity contribution < 1.29 is 83.1 Å². The molecule has 4 aliphatic rings. The SMILES string of the molecule is C.COC(=O)[C@H](Cc1ccc(-n2c(=O)c3ccncc3n(C)c2=O)c2c1CCCO2)NC(=O)c1c(C)cc(N2CCOC[C@@H]2C(F)(F)F)cc1F.Cc1cc(N2CCOC[C@@H]2C(F)(F)F)cc(F)c1C(=O)N[C@@H](Cc1ccc(-n2c(=O)c3ccncc3n(C)c2=O)c2c1CCCO2)C(=O)O. The van der Waals surface area contributed by atoms with Gasteiger partial charge in [-0.1, -0.05) is 19.6 Å². The lowest BCUT2D eigenvalue weighted by Crippen LogP contribution is -2.53. The molecule has 100 heavy (non-hydrogen) atoms. The molecule has 0 unspecified atom stereocenters. The van der Waals surface area contributed by atoms with Crippen LogP contribution in [0.3, 0.4) is 0 Å². The summed E-state index contributed by atoms with van der Waals surface area (Å²) in [6.45, 7) is 1.80. The van der Waals surface area contributed by atoms with Crippen LogP contribution in [0.2, 0.25) is 0 Å². The molecule has 2 amide bonds. The summed E-state index contributed by atoms with van der Waals surface area (Å²) in [6, 6.07) is 6.53. The number of nitrogens with one attached hydrogen (secondary N) is 2. The van der Waals surface area contributed by atoms with Gasteiger partial charge in [-0.05, 0) is 121 Å². The van der Waals surface area contributed by atoms with Gasteiger partial charge in [-0.15, -0.1) is 0 Å². The molecule has 0 bridgehead atoms. The highest BCUT2D eigenvalue weighted by Gasteiger charge is 2.47. The summed E-state index contributed by atoms with van der Waals surface area (Å²) in [5, 5.41) is 15.5. The topological polar surface area (TPSA) is 279 Å². The Bertz CT molecular complexity index is 4760. The first-order valence-corrected chi connectivity index (χ1v) is 31.1. The van der Waals surface area contributed by atoms with Crippen LogP contribution in [0.4, 0.5) is 46.5 Å². The molecular weight excluding hydrogens is 1330 g/mol. The van der Waals surface area contributed by atoms with Crippen molar-refractivity contribution in [3.63, 3.8) is 0 Å². The van der Waals surface area contributed by atoms with Crippen molar-refractivity contribution in [1.82, 2.24) is 38.9 Å². The second-order valence-corrected chi connectivity index (χ2v) is 24.0. The normalized spacial score (nSPS) is 16.7. The van der Waals surface area contributed by atoms with E-state index in [0.717, 1.165) is 38.2 Å². The van der Waals surface area contributed by atoms with Crippen LogP contribution in [0.1, 0.15) is 74.4 Å². The number of nitrogens with zero attached hydrogens (tertiary/aromatic N) is 8. The Balaban J connectivity index is 0.000000214. The lowest BCUT2D eigenvalue weighted by molar-refractivity contribution is -0.167. The van der Waals surface area contributed by atoms with Gasteiger partial charge in [0, 0.05) is 63.8 Å². The van der Waals surface area contributed by atoms with Crippen LogP contribution in [0.15, 0.2) is 105 Å². The molecule has 32 heteroatoms. The lowest BCUT2D eigenvalue weighted by atomic mass is 9.93. The third-order valence-corrected chi connectivity index (χ3v) is 17.9. The zero-order chi connectivity index (χ0) is 71.1. The van der Waals surface area contributed by atoms with E-state index < -0.39 is 119 Å². The third kappa shape index (κ3) is 14.1. The van der Waals surface area contributed by atoms with Crippen molar-refractivity contribution >= 4 is 56.9 Å². The second-order valence-electron chi connectivity index (χ2n) is 24.0. The Kier molecular flexibility index (Phi) is 21.1. The molecule has 3 N–H and O–H groups in total. The molecule has 530 valence electrons. The molecule has 8 aromatic rings. The van der Waals surface area contributed by atoms with E-state index >= 15 is 8.78 Å². The minimum absolute atomic E-state index is 0. The molecule has 4 atom stereocenters. The number of amides is 2. The number of aliphatic carboxylic acids is 1. The summed E-state index contributed by atoms with van der Waals surface area (Å²) in [5.41, 5.74) is -0.216. The molecule has 0 saturated carbocycles. The highest BCUT2D eigenvalue weighted by atomic mass is 19.4. The van der Waals surface area contributed by atoms with Gasteiger partial charge in [-0.25, -0.2) is 37.1 Å². The summed E-state index contributed by atoms with van der Waals surface area (Å²) in [4.78, 5) is 116. The monoisotopic (exact) mass is 1400 g/mol.